The van der Waals surface area contributed by atoms with Crippen LogP contribution in [0.1, 0.15) is 34.4 Å². The second-order valence-electron chi connectivity index (χ2n) is 9.54. The van der Waals surface area contributed by atoms with Gasteiger partial charge in [-0.25, -0.2) is 14.6 Å². The zero-order valence-electron chi connectivity index (χ0n) is 22.5. The predicted octanol–water partition coefficient (Wildman–Crippen LogP) is 3.95. The van der Waals surface area contributed by atoms with E-state index >= 15 is 0 Å². The summed E-state index contributed by atoms with van der Waals surface area (Å²) >= 11 is 1.35. The molecular weight excluding hydrogens is 532 g/mol. The monoisotopic (exact) mass is 564 g/mol. The SMILES string of the molecule is COCCN(Cc1nc(C(=O)N2CCC(n3c(=O)[nH]c4ccccc43)CC2)cs1)C(=O)Nc1ccc(OC)cc1. The number of carbonyl (C=O) groups excluding carboxylic acids is 2. The Morgan fingerprint density at radius 3 is 2.60 bits per heavy atom. The van der Waals surface area contributed by atoms with Gasteiger partial charge in [-0.2, -0.15) is 0 Å². The summed E-state index contributed by atoms with van der Waals surface area (Å²) in [5.41, 5.74) is 2.59. The van der Waals surface area contributed by atoms with Gasteiger partial charge in [-0.1, -0.05) is 12.1 Å². The van der Waals surface area contributed by atoms with E-state index in [0.717, 1.165) is 11.0 Å². The minimum atomic E-state index is -0.292. The first-order chi connectivity index (χ1) is 19.5. The van der Waals surface area contributed by atoms with Crippen LogP contribution in [-0.2, 0) is 11.3 Å². The number of carbonyl (C=O) groups is 2. The summed E-state index contributed by atoms with van der Waals surface area (Å²) in [7, 11) is 3.17. The number of piperidine rings is 1. The van der Waals surface area contributed by atoms with Crippen LogP contribution in [0.2, 0.25) is 0 Å². The lowest BCUT2D eigenvalue weighted by Gasteiger charge is -2.32. The molecule has 3 amide bonds. The van der Waals surface area contributed by atoms with Crippen molar-refractivity contribution in [2.24, 2.45) is 0 Å². The first-order valence-electron chi connectivity index (χ1n) is 13.1. The summed E-state index contributed by atoms with van der Waals surface area (Å²) in [6, 6.07) is 14.5. The lowest BCUT2D eigenvalue weighted by molar-refractivity contribution is 0.0689. The molecule has 12 heteroatoms. The van der Waals surface area contributed by atoms with Gasteiger partial charge in [-0.05, 0) is 49.2 Å². The number of hydrogen-bond acceptors (Lipinski definition) is 7. The number of aromatic amines is 1. The Morgan fingerprint density at radius 1 is 1.12 bits per heavy atom. The van der Waals surface area contributed by atoms with Crippen LogP contribution in [-0.4, -0.2) is 76.7 Å². The summed E-state index contributed by atoms with van der Waals surface area (Å²) in [4.78, 5) is 49.7. The number of urea groups is 1. The van der Waals surface area contributed by atoms with Crippen LogP contribution in [0.15, 0.2) is 58.7 Å². The summed E-state index contributed by atoms with van der Waals surface area (Å²) < 4.78 is 12.2. The van der Waals surface area contributed by atoms with Gasteiger partial charge in [-0.15, -0.1) is 11.3 Å². The molecule has 1 aliphatic heterocycles. The summed E-state index contributed by atoms with van der Waals surface area (Å²) in [6.45, 7) is 2.04. The fourth-order valence-corrected chi connectivity index (χ4v) is 5.68. The molecule has 0 aliphatic carbocycles. The summed E-state index contributed by atoms with van der Waals surface area (Å²) in [5, 5.41) is 5.28. The van der Waals surface area contributed by atoms with E-state index in [-0.39, 0.29) is 30.2 Å². The first-order valence-corrected chi connectivity index (χ1v) is 14.0. The van der Waals surface area contributed by atoms with Gasteiger partial charge < -0.3 is 29.6 Å². The Balaban J connectivity index is 1.20. The number of imidazole rings is 1. The van der Waals surface area contributed by atoms with Crippen molar-refractivity contribution in [1.29, 1.82) is 0 Å². The smallest absolute Gasteiger partial charge is 0.326 e. The van der Waals surface area contributed by atoms with Crippen LogP contribution in [0.5, 0.6) is 5.75 Å². The number of thiazole rings is 1. The maximum atomic E-state index is 13.2. The van der Waals surface area contributed by atoms with Gasteiger partial charge in [0.05, 0.1) is 31.3 Å². The molecule has 1 aliphatic rings. The predicted molar refractivity (Wildman–Crippen MR) is 153 cm³/mol. The summed E-state index contributed by atoms with van der Waals surface area (Å²) in [5.74, 6) is 0.559. The number of rotatable bonds is 9. The third kappa shape index (κ3) is 6.02. The standard InChI is InChI=1S/C28H32N6O5S/c1-38-16-15-33(27(36)29-19-7-9-21(39-2)10-8-19)17-25-30-23(18-40-25)26(35)32-13-11-20(12-14-32)34-24-6-4-3-5-22(24)31-28(34)37/h3-10,18,20H,11-17H2,1-2H3,(H,29,36)(H,31,37). The lowest BCUT2D eigenvalue weighted by Crippen LogP contribution is -2.40. The van der Waals surface area contributed by atoms with E-state index in [9.17, 15) is 14.4 Å². The van der Waals surface area contributed by atoms with Gasteiger partial charge >= 0.3 is 11.7 Å². The second-order valence-corrected chi connectivity index (χ2v) is 10.5. The fourth-order valence-electron chi connectivity index (χ4n) is 4.90. The molecule has 0 bridgehead atoms. The van der Waals surface area contributed by atoms with Crippen LogP contribution in [0.3, 0.4) is 0 Å². The third-order valence-corrected chi connectivity index (χ3v) is 7.87. The van der Waals surface area contributed by atoms with Crippen molar-refractivity contribution < 1.29 is 19.1 Å². The molecule has 0 unspecified atom stereocenters. The zero-order valence-corrected chi connectivity index (χ0v) is 23.3. The number of nitrogens with zero attached hydrogens (tertiary/aromatic N) is 4. The Hall–Kier alpha value is -4.16. The molecule has 2 N–H and O–H groups in total. The number of aromatic nitrogens is 3. The van der Waals surface area contributed by atoms with Crippen molar-refractivity contribution in [3.05, 3.63) is 75.1 Å². The molecule has 5 rings (SSSR count). The number of amides is 3. The number of anilines is 1. The Morgan fingerprint density at radius 2 is 1.88 bits per heavy atom. The molecule has 1 saturated heterocycles. The molecule has 3 heterocycles. The summed E-state index contributed by atoms with van der Waals surface area (Å²) in [6.07, 6.45) is 1.36. The number of ether oxygens (including phenoxy) is 2. The molecule has 210 valence electrons. The van der Waals surface area contributed by atoms with Crippen molar-refractivity contribution in [3.63, 3.8) is 0 Å². The van der Waals surface area contributed by atoms with Crippen molar-refractivity contribution in [2.75, 3.05) is 45.8 Å². The molecular formula is C28H32N6O5S. The zero-order chi connectivity index (χ0) is 28.1. The molecule has 1 fully saturated rings. The molecule has 40 heavy (non-hydrogen) atoms. The number of nitrogens with one attached hydrogen (secondary N) is 2. The minimum Gasteiger partial charge on any atom is -0.497 e. The van der Waals surface area contributed by atoms with E-state index in [1.54, 1.807) is 53.7 Å². The molecule has 4 aromatic rings. The molecule has 2 aromatic carbocycles. The van der Waals surface area contributed by atoms with Crippen LogP contribution in [0.25, 0.3) is 11.0 Å². The first kappa shape index (κ1) is 27.4. The van der Waals surface area contributed by atoms with E-state index in [1.807, 2.05) is 28.8 Å². The van der Waals surface area contributed by atoms with Gasteiger partial charge in [0, 0.05) is 43.9 Å². The molecule has 0 saturated carbocycles. The number of hydrogen-bond donors (Lipinski definition) is 2. The van der Waals surface area contributed by atoms with Gasteiger partial charge in [0.25, 0.3) is 5.91 Å². The van der Waals surface area contributed by atoms with E-state index in [4.69, 9.17) is 9.47 Å². The Bertz CT molecular complexity index is 1520. The van der Waals surface area contributed by atoms with E-state index in [1.165, 1.54) is 11.3 Å². The van der Waals surface area contributed by atoms with Crippen LogP contribution in [0, 0.1) is 0 Å². The van der Waals surface area contributed by atoms with Gasteiger partial charge in [-0.3, -0.25) is 9.36 Å². The quantitative estimate of drug-likeness (QED) is 0.318. The number of methoxy groups -OCH3 is 2. The van der Waals surface area contributed by atoms with Crippen molar-refractivity contribution in [3.8, 4) is 5.75 Å². The van der Waals surface area contributed by atoms with Crippen molar-refractivity contribution in [1.82, 2.24) is 24.3 Å². The molecule has 11 nitrogen and oxygen atoms in total. The molecule has 0 atom stereocenters. The highest BCUT2D eigenvalue weighted by Gasteiger charge is 2.28. The second kappa shape index (κ2) is 12.3. The van der Waals surface area contributed by atoms with Crippen LogP contribution >= 0.6 is 11.3 Å². The third-order valence-electron chi connectivity index (χ3n) is 7.03. The highest BCUT2D eigenvalue weighted by Crippen LogP contribution is 2.26. The molecule has 0 radical (unpaired) electrons. The normalized spacial score (nSPS) is 13.9. The number of benzene rings is 2. The maximum Gasteiger partial charge on any atom is 0.326 e. The average Bonchev–Trinajstić information content (AvgIpc) is 3.58. The topological polar surface area (TPSA) is 122 Å². The minimum absolute atomic E-state index is 0.0252. The largest absolute Gasteiger partial charge is 0.497 e. The average molecular weight is 565 g/mol. The lowest BCUT2D eigenvalue weighted by atomic mass is 10.0. The molecule has 0 spiro atoms. The highest BCUT2D eigenvalue weighted by atomic mass is 32.1. The van der Waals surface area contributed by atoms with Crippen LogP contribution in [0.4, 0.5) is 10.5 Å². The van der Waals surface area contributed by atoms with Gasteiger partial charge in [0.1, 0.15) is 16.5 Å². The molecule has 2 aromatic heterocycles. The number of fused-ring (bicyclic) bond motifs is 1. The van der Waals surface area contributed by atoms with E-state index < -0.39 is 0 Å². The Kier molecular flexibility index (Phi) is 8.46. The highest BCUT2D eigenvalue weighted by molar-refractivity contribution is 7.09. The van der Waals surface area contributed by atoms with E-state index in [2.05, 4.69) is 15.3 Å². The van der Waals surface area contributed by atoms with Crippen molar-refractivity contribution >= 4 is 40.0 Å². The van der Waals surface area contributed by atoms with Crippen molar-refractivity contribution in [2.45, 2.75) is 25.4 Å². The fraction of sp³-hybridized carbons (Fsp3) is 0.357. The number of H-pyrrole nitrogens is 1. The maximum absolute atomic E-state index is 13.2. The van der Waals surface area contributed by atoms with Crippen LogP contribution < -0.4 is 15.7 Å². The van der Waals surface area contributed by atoms with Gasteiger partial charge in [0.2, 0.25) is 0 Å². The van der Waals surface area contributed by atoms with E-state index in [0.29, 0.717) is 61.2 Å². The Labute approximate surface area is 235 Å². The number of likely N-dealkylation sites (tertiary alicyclic amines) is 1. The van der Waals surface area contributed by atoms with Gasteiger partial charge in [0.15, 0.2) is 0 Å². The number of para-hydroxylation sites is 2.